The Morgan fingerprint density at radius 2 is 1.94 bits per heavy atom. The van der Waals surface area contributed by atoms with Crippen LogP contribution < -0.4 is 0 Å². The van der Waals surface area contributed by atoms with Crippen LogP contribution in [0.4, 0.5) is 4.39 Å². The van der Waals surface area contributed by atoms with E-state index in [9.17, 15) is 9.18 Å². The maximum absolute atomic E-state index is 13.6. The molecule has 4 heteroatoms. The van der Waals surface area contributed by atoms with Crippen molar-refractivity contribution < 1.29 is 9.18 Å². The number of hydrogen-bond acceptors (Lipinski definition) is 2. The number of aromatic nitrogens is 1. The summed E-state index contributed by atoms with van der Waals surface area (Å²) in [6, 6.07) is 7.89. The van der Waals surface area contributed by atoms with Crippen molar-refractivity contribution in [3.8, 4) is 0 Å². The lowest BCUT2D eigenvalue weighted by molar-refractivity contribution is 0.0962. The Morgan fingerprint density at radius 3 is 2.61 bits per heavy atom. The van der Waals surface area contributed by atoms with E-state index >= 15 is 0 Å². The quantitative estimate of drug-likeness (QED) is 0.803. The van der Waals surface area contributed by atoms with Gasteiger partial charge in [-0.25, -0.2) is 4.39 Å². The van der Waals surface area contributed by atoms with Gasteiger partial charge in [0, 0.05) is 22.8 Å². The zero-order valence-electron chi connectivity index (χ0n) is 9.73. The van der Waals surface area contributed by atoms with E-state index in [1.54, 1.807) is 37.5 Å². The van der Waals surface area contributed by atoms with Crippen molar-refractivity contribution in [1.29, 1.82) is 0 Å². The number of halogens is 2. The number of rotatable bonds is 3. The molecule has 2 rings (SSSR count). The molecule has 2 aromatic rings. The summed E-state index contributed by atoms with van der Waals surface area (Å²) in [6.45, 7) is 1.76. The third kappa shape index (κ3) is 2.64. The summed E-state index contributed by atoms with van der Waals surface area (Å²) < 4.78 is 14.3. The largest absolute Gasteiger partial charge is 0.293 e. The van der Waals surface area contributed by atoms with Crippen molar-refractivity contribution in [3.05, 3.63) is 64.1 Å². The minimum absolute atomic E-state index is 0.105. The van der Waals surface area contributed by atoms with Gasteiger partial charge in [0.1, 0.15) is 5.82 Å². The molecule has 18 heavy (non-hydrogen) atoms. The van der Waals surface area contributed by atoms with Gasteiger partial charge < -0.3 is 0 Å². The highest BCUT2D eigenvalue weighted by atomic mass is 79.9. The molecule has 2 nitrogen and oxygen atoms in total. The van der Waals surface area contributed by atoms with Crippen molar-refractivity contribution in [2.24, 2.45) is 0 Å². The zero-order valence-corrected chi connectivity index (χ0v) is 11.3. The molecule has 1 unspecified atom stereocenters. The van der Waals surface area contributed by atoms with Crippen LogP contribution in [0.1, 0.15) is 28.8 Å². The molecular formula is C14H11BrFNO. The summed E-state index contributed by atoms with van der Waals surface area (Å²) in [5, 5.41) is 0. The van der Waals surface area contributed by atoms with Gasteiger partial charge >= 0.3 is 0 Å². The lowest BCUT2D eigenvalue weighted by Gasteiger charge is -2.11. The maximum atomic E-state index is 13.6. The Hall–Kier alpha value is -1.55. The molecule has 0 aliphatic heterocycles. The number of carbonyl (C=O) groups excluding carboxylic acids is 1. The number of carbonyl (C=O) groups is 1. The molecule has 0 saturated heterocycles. The van der Waals surface area contributed by atoms with Crippen LogP contribution in [0.15, 0.2) is 47.2 Å². The van der Waals surface area contributed by atoms with E-state index in [0.29, 0.717) is 4.47 Å². The summed E-state index contributed by atoms with van der Waals surface area (Å²) in [6.07, 6.45) is 3.24. The summed E-state index contributed by atoms with van der Waals surface area (Å²) in [7, 11) is 0. The van der Waals surface area contributed by atoms with Crippen molar-refractivity contribution in [3.63, 3.8) is 0 Å². The highest BCUT2D eigenvalue weighted by Gasteiger charge is 2.20. The monoisotopic (exact) mass is 307 g/mol. The lowest BCUT2D eigenvalue weighted by atomic mass is 9.93. The molecule has 0 amide bonds. The van der Waals surface area contributed by atoms with Crippen LogP contribution in [0.3, 0.4) is 0 Å². The Morgan fingerprint density at radius 1 is 1.28 bits per heavy atom. The van der Waals surface area contributed by atoms with E-state index in [1.165, 1.54) is 12.1 Å². The Labute approximate surface area is 113 Å². The number of nitrogens with zero attached hydrogens (tertiary/aromatic N) is 1. The van der Waals surface area contributed by atoms with Crippen LogP contribution in [0.2, 0.25) is 0 Å². The predicted molar refractivity (Wildman–Crippen MR) is 71.1 cm³/mol. The molecule has 0 saturated carbocycles. The number of Topliss-reactive ketones (excluding diaryl/α,β-unsaturated/α-hetero) is 1. The van der Waals surface area contributed by atoms with Gasteiger partial charge in [-0.05, 0) is 35.9 Å². The Balaban J connectivity index is 2.34. The Bertz CT molecular complexity index is 571. The van der Waals surface area contributed by atoms with Gasteiger partial charge in [-0.3, -0.25) is 9.78 Å². The standard InChI is InChI=1S/C14H11BrFNO/c1-9(10-4-6-17-7-5-10)14(18)12-8-11(15)2-3-13(12)16/h2-9H,1H3. The zero-order chi connectivity index (χ0) is 13.1. The summed E-state index contributed by atoms with van der Waals surface area (Å²) in [4.78, 5) is 16.1. The average Bonchev–Trinajstić information content (AvgIpc) is 2.41. The first-order valence-corrected chi connectivity index (χ1v) is 6.28. The first kappa shape index (κ1) is 12.9. The second-order valence-corrected chi connectivity index (χ2v) is 4.91. The number of benzene rings is 1. The van der Waals surface area contributed by atoms with Crippen molar-refractivity contribution in [2.45, 2.75) is 12.8 Å². The Kier molecular flexibility index (Phi) is 3.87. The molecule has 0 N–H and O–H groups in total. The van der Waals surface area contributed by atoms with Gasteiger partial charge in [0.05, 0.1) is 5.56 Å². The summed E-state index contributed by atoms with van der Waals surface area (Å²) in [5.41, 5.74) is 0.933. The highest BCUT2D eigenvalue weighted by molar-refractivity contribution is 9.10. The third-order valence-corrected chi connectivity index (χ3v) is 3.29. The number of pyridine rings is 1. The third-order valence-electron chi connectivity index (χ3n) is 2.79. The van der Waals surface area contributed by atoms with Crippen LogP contribution in [0.25, 0.3) is 0 Å². The van der Waals surface area contributed by atoms with Gasteiger partial charge in [-0.15, -0.1) is 0 Å². The second-order valence-electron chi connectivity index (χ2n) is 3.99. The van der Waals surface area contributed by atoms with Gasteiger partial charge in [0.15, 0.2) is 5.78 Å². The highest BCUT2D eigenvalue weighted by Crippen LogP contribution is 2.23. The van der Waals surface area contributed by atoms with Crippen molar-refractivity contribution >= 4 is 21.7 Å². The molecule has 0 aliphatic carbocycles. The van der Waals surface area contributed by atoms with E-state index in [4.69, 9.17) is 0 Å². The minimum atomic E-state index is -0.496. The van der Waals surface area contributed by atoms with Crippen LogP contribution in [-0.4, -0.2) is 10.8 Å². The van der Waals surface area contributed by atoms with Crippen LogP contribution >= 0.6 is 15.9 Å². The number of ketones is 1. The fourth-order valence-corrected chi connectivity index (χ4v) is 2.08. The van der Waals surface area contributed by atoms with E-state index in [2.05, 4.69) is 20.9 Å². The molecule has 0 bridgehead atoms. The molecule has 92 valence electrons. The minimum Gasteiger partial charge on any atom is -0.293 e. The smallest absolute Gasteiger partial charge is 0.173 e. The molecule has 0 radical (unpaired) electrons. The van der Waals surface area contributed by atoms with Crippen LogP contribution in [0.5, 0.6) is 0 Å². The topological polar surface area (TPSA) is 30.0 Å². The first-order valence-electron chi connectivity index (χ1n) is 5.49. The molecule has 1 aromatic heterocycles. The van der Waals surface area contributed by atoms with Gasteiger partial charge in [0.25, 0.3) is 0 Å². The van der Waals surface area contributed by atoms with Gasteiger partial charge in [-0.1, -0.05) is 22.9 Å². The second kappa shape index (κ2) is 5.40. The molecular weight excluding hydrogens is 297 g/mol. The van der Waals surface area contributed by atoms with E-state index < -0.39 is 11.7 Å². The molecule has 1 atom stereocenters. The average molecular weight is 308 g/mol. The van der Waals surface area contributed by atoms with E-state index in [-0.39, 0.29) is 11.3 Å². The van der Waals surface area contributed by atoms with E-state index in [0.717, 1.165) is 5.56 Å². The van der Waals surface area contributed by atoms with E-state index in [1.807, 2.05) is 0 Å². The van der Waals surface area contributed by atoms with Crippen LogP contribution in [0, 0.1) is 5.82 Å². The van der Waals surface area contributed by atoms with Gasteiger partial charge in [0.2, 0.25) is 0 Å². The molecule has 0 fully saturated rings. The summed E-state index contributed by atoms with van der Waals surface area (Å²) >= 11 is 3.24. The van der Waals surface area contributed by atoms with Gasteiger partial charge in [-0.2, -0.15) is 0 Å². The fourth-order valence-electron chi connectivity index (χ4n) is 1.72. The SMILES string of the molecule is CC(C(=O)c1cc(Br)ccc1F)c1ccncc1. The predicted octanol–water partition coefficient (Wildman–Crippen LogP) is 3.97. The molecule has 0 spiro atoms. The maximum Gasteiger partial charge on any atom is 0.173 e. The number of hydrogen-bond donors (Lipinski definition) is 0. The molecule has 0 aliphatic rings. The molecule has 1 aromatic carbocycles. The normalized spacial score (nSPS) is 12.2. The van der Waals surface area contributed by atoms with Crippen LogP contribution in [-0.2, 0) is 0 Å². The lowest BCUT2D eigenvalue weighted by Crippen LogP contribution is -2.11. The molecule has 1 heterocycles. The fraction of sp³-hybridized carbons (Fsp3) is 0.143. The van der Waals surface area contributed by atoms with Crippen molar-refractivity contribution in [1.82, 2.24) is 4.98 Å². The first-order chi connectivity index (χ1) is 8.59. The van der Waals surface area contributed by atoms with Crippen molar-refractivity contribution in [2.75, 3.05) is 0 Å². The summed E-state index contributed by atoms with van der Waals surface area (Å²) in [5.74, 6) is -1.12.